The topological polar surface area (TPSA) is 55.7 Å². The highest BCUT2D eigenvalue weighted by molar-refractivity contribution is 7.94. The lowest BCUT2D eigenvalue weighted by atomic mass is 10.7. The normalized spacial score (nSPS) is 20.9. The molecule has 4 nitrogen and oxygen atoms in total. The smallest absolute Gasteiger partial charge is 0.329 e. The van der Waals surface area contributed by atoms with Gasteiger partial charge in [-0.15, -0.1) is 6.42 Å². The van der Waals surface area contributed by atoms with Crippen molar-refractivity contribution in [1.82, 2.24) is 0 Å². The van der Waals surface area contributed by atoms with Crippen molar-refractivity contribution in [3.63, 3.8) is 0 Å². The van der Waals surface area contributed by atoms with Crippen molar-refractivity contribution >= 4 is 15.6 Å². The molecule has 0 unspecified atom stereocenters. The van der Waals surface area contributed by atoms with Crippen molar-refractivity contribution in [3.05, 3.63) is 0 Å². The minimum atomic E-state index is -2.39. The number of carbonyl (C=O) groups excluding carboxylic acids is 1. The minimum Gasteiger partial charge on any atom is -0.379 e. The van der Waals surface area contributed by atoms with Gasteiger partial charge >= 0.3 is 5.91 Å². The maximum Gasteiger partial charge on any atom is 0.329 e. The zero-order chi connectivity index (χ0) is 9.03. The predicted molar refractivity (Wildman–Crippen MR) is 45.0 cm³/mol. The highest BCUT2D eigenvalue weighted by Crippen LogP contribution is 2.03. The Labute approximate surface area is 71.5 Å². The summed E-state index contributed by atoms with van der Waals surface area (Å²) in [5.41, 5.74) is 0. The Bertz CT molecular complexity index is 321. The predicted octanol–water partition coefficient (Wildman–Crippen LogP) is -0.356. The SMILES string of the molecule is C#CC(=O)N=S1(=O)CCOCC1. The Balaban J connectivity index is 2.84. The summed E-state index contributed by atoms with van der Waals surface area (Å²) in [7, 11) is -2.39. The summed E-state index contributed by atoms with van der Waals surface area (Å²) in [6, 6.07) is 0. The van der Waals surface area contributed by atoms with Crippen LogP contribution in [0.1, 0.15) is 0 Å². The number of rotatable bonds is 0. The second kappa shape index (κ2) is 3.70. The molecular formula is C7H9NO3S. The van der Waals surface area contributed by atoms with E-state index in [-0.39, 0.29) is 0 Å². The number of nitrogens with zero attached hydrogens (tertiary/aromatic N) is 1. The molecule has 0 radical (unpaired) electrons. The third kappa shape index (κ3) is 2.32. The van der Waals surface area contributed by atoms with Crippen molar-refractivity contribution < 1.29 is 13.7 Å². The average Bonchev–Trinajstić information content (AvgIpc) is 2.05. The first-order chi connectivity index (χ1) is 5.66. The summed E-state index contributed by atoms with van der Waals surface area (Å²) >= 11 is 0. The fourth-order valence-corrected chi connectivity index (χ4v) is 2.35. The first-order valence-corrected chi connectivity index (χ1v) is 5.32. The van der Waals surface area contributed by atoms with E-state index in [4.69, 9.17) is 11.2 Å². The van der Waals surface area contributed by atoms with Crippen LogP contribution in [0.2, 0.25) is 0 Å². The molecule has 1 saturated heterocycles. The third-order valence-electron chi connectivity index (χ3n) is 1.47. The molecule has 0 aliphatic carbocycles. The summed E-state index contributed by atoms with van der Waals surface area (Å²) in [6.07, 6.45) is 4.80. The standard InChI is InChI=1S/C7H9NO3S/c1-2-7(9)8-12(10)5-3-11-4-6-12/h1H,3-6H2. The Hall–Kier alpha value is -0.860. The van der Waals surface area contributed by atoms with Gasteiger partial charge in [-0.1, -0.05) is 0 Å². The van der Waals surface area contributed by atoms with E-state index in [9.17, 15) is 9.00 Å². The number of hydrogen-bond donors (Lipinski definition) is 0. The van der Waals surface area contributed by atoms with Crippen LogP contribution in [0.3, 0.4) is 0 Å². The fourth-order valence-electron chi connectivity index (χ4n) is 0.851. The summed E-state index contributed by atoms with van der Waals surface area (Å²) in [6.45, 7) is 0.778. The lowest BCUT2D eigenvalue weighted by molar-refractivity contribution is -0.112. The number of hydrogen-bond acceptors (Lipinski definition) is 3. The number of terminal acetylenes is 1. The fraction of sp³-hybridized carbons (Fsp3) is 0.571. The van der Waals surface area contributed by atoms with E-state index in [2.05, 4.69) is 4.36 Å². The molecular weight excluding hydrogens is 178 g/mol. The third-order valence-corrected chi connectivity index (χ3v) is 3.57. The van der Waals surface area contributed by atoms with Crippen molar-refractivity contribution in [1.29, 1.82) is 0 Å². The Morgan fingerprint density at radius 3 is 2.58 bits per heavy atom. The van der Waals surface area contributed by atoms with Crippen molar-refractivity contribution in [3.8, 4) is 12.3 Å². The van der Waals surface area contributed by atoms with Crippen LogP contribution in [-0.2, 0) is 19.3 Å². The van der Waals surface area contributed by atoms with E-state index >= 15 is 0 Å². The molecule has 1 rings (SSSR count). The lowest BCUT2D eigenvalue weighted by Gasteiger charge is -2.14. The van der Waals surface area contributed by atoms with Crippen LogP contribution in [0, 0.1) is 12.3 Å². The van der Waals surface area contributed by atoms with Crippen molar-refractivity contribution in [2.75, 3.05) is 24.7 Å². The molecule has 0 spiro atoms. The molecule has 0 aromatic carbocycles. The molecule has 66 valence electrons. The van der Waals surface area contributed by atoms with Gasteiger partial charge in [-0.25, -0.2) is 4.21 Å². The molecule has 1 amide bonds. The first-order valence-electron chi connectivity index (χ1n) is 3.47. The van der Waals surface area contributed by atoms with Crippen LogP contribution in [0.5, 0.6) is 0 Å². The second-order valence-electron chi connectivity index (χ2n) is 2.33. The van der Waals surface area contributed by atoms with Crippen LogP contribution in [-0.4, -0.2) is 34.8 Å². The summed E-state index contributed by atoms with van der Waals surface area (Å²) < 4.78 is 20.0. The lowest BCUT2D eigenvalue weighted by Crippen LogP contribution is -2.26. The summed E-state index contributed by atoms with van der Waals surface area (Å²) in [5.74, 6) is 1.69. The number of amides is 1. The van der Waals surface area contributed by atoms with Crippen LogP contribution in [0.25, 0.3) is 0 Å². The Kier molecular flexibility index (Phi) is 2.84. The summed E-state index contributed by atoms with van der Waals surface area (Å²) in [4.78, 5) is 10.7. The Morgan fingerprint density at radius 2 is 2.08 bits per heavy atom. The Morgan fingerprint density at radius 1 is 1.50 bits per heavy atom. The van der Waals surface area contributed by atoms with E-state index in [1.54, 1.807) is 0 Å². The molecule has 1 aliphatic rings. The quantitative estimate of drug-likeness (QED) is 0.487. The van der Waals surface area contributed by atoms with Gasteiger partial charge in [0.15, 0.2) is 0 Å². The largest absolute Gasteiger partial charge is 0.379 e. The maximum atomic E-state index is 11.6. The number of ether oxygens (including phenoxy) is 1. The van der Waals surface area contributed by atoms with E-state index in [0.717, 1.165) is 0 Å². The maximum absolute atomic E-state index is 11.6. The molecule has 5 heteroatoms. The monoisotopic (exact) mass is 187 g/mol. The zero-order valence-electron chi connectivity index (χ0n) is 6.49. The zero-order valence-corrected chi connectivity index (χ0v) is 7.30. The minimum absolute atomic E-state index is 0.306. The van der Waals surface area contributed by atoms with Crippen LogP contribution >= 0.6 is 0 Å². The summed E-state index contributed by atoms with van der Waals surface area (Å²) in [5, 5.41) is 0. The van der Waals surface area contributed by atoms with Gasteiger partial charge in [0.25, 0.3) is 0 Å². The highest BCUT2D eigenvalue weighted by atomic mass is 32.2. The van der Waals surface area contributed by atoms with Gasteiger partial charge < -0.3 is 4.74 Å². The van der Waals surface area contributed by atoms with Gasteiger partial charge in [-0.3, -0.25) is 4.79 Å². The van der Waals surface area contributed by atoms with E-state index in [1.165, 1.54) is 0 Å². The van der Waals surface area contributed by atoms with E-state index in [0.29, 0.717) is 24.7 Å². The molecule has 0 bridgehead atoms. The van der Waals surface area contributed by atoms with Gasteiger partial charge in [0.05, 0.1) is 34.4 Å². The molecule has 0 saturated carbocycles. The van der Waals surface area contributed by atoms with Crippen LogP contribution < -0.4 is 0 Å². The van der Waals surface area contributed by atoms with Crippen LogP contribution in [0.4, 0.5) is 0 Å². The first kappa shape index (κ1) is 9.23. The van der Waals surface area contributed by atoms with Gasteiger partial charge in [0.1, 0.15) is 0 Å². The molecule has 1 fully saturated rings. The molecule has 0 N–H and O–H groups in total. The molecule has 0 aromatic rings. The van der Waals surface area contributed by atoms with Crippen molar-refractivity contribution in [2.45, 2.75) is 0 Å². The molecule has 0 aromatic heterocycles. The van der Waals surface area contributed by atoms with Gasteiger partial charge in [-0.2, -0.15) is 4.36 Å². The highest BCUT2D eigenvalue weighted by Gasteiger charge is 2.15. The van der Waals surface area contributed by atoms with Gasteiger partial charge in [0, 0.05) is 0 Å². The number of carbonyl (C=O) groups is 1. The second-order valence-corrected chi connectivity index (χ2v) is 4.88. The van der Waals surface area contributed by atoms with Gasteiger partial charge in [-0.05, 0) is 5.92 Å². The average molecular weight is 187 g/mol. The molecule has 1 heterocycles. The van der Waals surface area contributed by atoms with E-state index in [1.807, 2.05) is 5.92 Å². The van der Waals surface area contributed by atoms with Crippen molar-refractivity contribution in [2.24, 2.45) is 4.36 Å². The molecule has 0 atom stereocenters. The van der Waals surface area contributed by atoms with Crippen LogP contribution in [0.15, 0.2) is 4.36 Å². The van der Waals surface area contributed by atoms with E-state index < -0.39 is 15.6 Å². The molecule has 1 aliphatic heterocycles. The molecule has 12 heavy (non-hydrogen) atoms. The van der Waals surface area contributed by atoms with Gasteiger partial charge in [0.2, 0.25) is 0 Å².